The number of likely N-dealkylation sites (N-methyl/N-ethyl adjacent to an activating group) is 1. The van der Waals surface area contributed by atoms with E-state index in [1.54, 1.807) is 12.1 Å². The lowest BCUT2D eigenvalue weighted by molar-refractivity contribution is 0.00947. The molecular formula is C15H14ClF2N3O. The molecule has 1 aromatic heterocycles. The van der Waals surface area contributed by atoms with E-state index >= 15 is 0 Å². The smallest absolute Gasteiger partial charge is 0.287 e. The zero-order valence-corrected chi connectivity index (χ0v) is 12.9. The molecule has 0 amide bonds. The predicted molar refractivity (Wildman–Crippen MR) is 80.3 cm³/mol. The van der Waals surface area contributed by atoms with Crippen LogP contribution in [0.2, 0.25) is 0 Å². The summed E-state index contributed by atoms with van der Waals surface area (Å²) in [5.74, 6) is -3.23. The number of aromatic nitrogens is 2. The minimum atomic E-state index is -3.23. The normalized spacial score (nSPS) is 14.3. The van der Waals surface area contributed by atoms with Crippen molar-refractivity contribution in [1.29, 1.82) is 0 Å². The van der Waals surface area contributed by atoms with Gasteiger partial charge in [-0.25, -0.2) is 4.68 Å². The highest BCUT2D eigenvalue weighted by molar-refractivity contribution is 6.67. The fourth-order valence-corrected chi connectivity index (χ4v) is 3.01. The highest BCUT2D eigenvalue weighted by Gasteiger charge is 2.36. The molecule has 0 N–H and O–H groups in total. The van der Waals surface area contributed by atoms with Crippen molar-refractivity contribution in [3.8, 4) is 5.69 Å². The Kier molecular flexibility index (Phi) is 3.44. The maximum Gasteiger partial charge on any atom is 0.287 e. The van der Waals surface area contributed by atoms with Crippen LogP contribution >= 0.6 is 11.6 Å². The lowest BCUT2D eigenvalue weighted by Gasteiger charge is -2.17. The van der Waals surface area contributed by atoms with Crippen LogP contribution in [0, 0.1) is 0 Å². The highest BCUT2D eigenvalue weighted by atomic mass is 35.5. The summed E-state index contributed by atoms with van der Waals surface area (Å²) in [6.45, 7) is 1.55. The number of rotatable bonds is 3. The molecule has 22 heavy (non-hydrogen) atoms. The van der Waals surface area contributed by atoms with Crippen LogP contribution in [0.1, 0.15) is 28.5 Å². The average Bonchev–Trinajstić information content (AvgIpc) is 3.02. The van der Waals surface area contributed by atoms with E-state index in [1.165, 1.54) is 0 Å². The van der Waals surface area contributed by atoms with Gasteiger partial charge in [-0.1, -0.05) is 6.07 Å². The molecule has 0 spiro atoms. The zero-order chi connectivity index (χ0) is 16.1. The Hall–Kier alpha value is -1.95. The summed E-state index contributed by atoms with van der Waals surface area (Å²) in [6.07, 6.45) is 1.83. The van der Waals surface area contributed by atoms with Crippen molar-refractivity contribution in [3.05, 3.63) is 41.2 Å². The Morgan fingerprint density at radius 3 is 2.68 bits per heavy atom. The average molecular weight is 326 g/mol. The number of halogens is 3. The fraction of sp³-hybridized carbons (Fsp3) is 0.333. The third kappa shape index (κ3) is 2.27. The van der Waals surface area contributed by atoms with Gasteiger partial charge in [0, 0.05) is 31.8 Å². The van der Waals surface area contributed by atoms with E-state index in [-0.39, 0.29) is 5.56 Å². The minimum Gasteiger partial charge on any atom is -0.374 e. The van der Waals surface area contributed by atoms with Crippen molar-refractivity contribution < 1.29 is 13.6 Å². The van der Waals surface area contributed by atoms with Crippen LogP contribution in [0.3, 0.4) is 0 Å². The molecule has 1 aliphatic rings. The van der Waals surface area contributed by atoms with Crippen molar-refractivity contribution in [2.75, 3.05) is 18.5 Å². The number of carbonyl (C=O) groups is 1. The van der Waals surface area contributed by atoms with E-state index in [0.717, 1.165) is 42.0 Å². The van der Waals surface area contributed by atoms with Gasteiger partial charge in [-0.2, -0.15) is 13.9 Å². The number of hydrogen-bond acceptors (Lipinski definition) is 3. The van der Waals surface area contributed by atoms with E-state index in [4.69, 9.17) is 11.6 Å². The number of benzene rings is 1. The third-order valence-electron chi connectivity index (χ3n) is 3.86. The highest BCUT2D eigenvalue weighted by Crippen LogP contribution is 2.36. The maximum absolute atomic E-state index is 14.0. The van der Waals surface area contributed by atoms with Gasteiger partial charge in [0.1, 0.15) is 5.69 Å². The molecule has 0 saturated heterocycles. The Morgan fingerprint density at radius 1 is 1.36 bits per heavy atom. The molecule has 0 aliphatic carbocycles. The maximum atomic E-state index is 14.0. The van der Waals surface area contributed by atoms with E-state index in [9.17, 15) is 13.6 Å². The third-order valence-corrected chi connectivity index (χ3v) is 4.06. The van der Waals surface area contributed by atoms with E-state index < -0.39 is 16.9 Å². The van der Waals surface area contributed by atoms with Crippen LogP contribution in [0.15, 0.2) is 24.4 Å². The summed E-state index contributed by atoms with van der Waals surface area (Å²) in [6, 6.07) is 5.45. The second-order valence-electron chi connectivity index (χ2n) is 5.43. The standard InChI is InChI=1S/C15H14ClF2N3O/c1-15(17,18)13-10(14(16)22)8-19-21(13)12-5-3-4-11-9(12)6-7-20(11)2/h3-5,8H,6-7H2,1-2H3. The van der Waals surface area contributed by atoms with E-state index in [1.807, 2.05) is 13.1 Å². The fourth-order valence-electron chi connectivity index (χ4n) is 2.87. The van der Waals surface area contributed by atoms with Gasteiger partial charge in [0.2, 0.25) is 0 Å². The topological polar surface area (TPSA) is 38.1 Å². The van der Waals surface area contributed by atoms with Gasteiger partial charge < -0.3 is 4.90 Å². The van der Waals surface area contributed by atoms with E-state index in [2.05, 4.69) is 10.00 Å². The first-order valence-corrected chi connectivity index (χ1v) is 7.18. The number of fused-ring (bicyclic) bond motifs is 1. The Labute approximate surface area is 131 Å². The molecule has 3 rings (SSSR count). The van der Waals surface area contributed by atoms with Gasteiger partial charge in [-0.3, -0.25) is 4.79 Å². The van der Waals surface area contributed by atoms with Crippen molar-refractivity contribution in [2.45, 2.75) is 19.3 Å². The number of nitrogens with zero attached hydrogens (tertiary/aromatic N) is 3. The van der Waals surface area contributed by atoms with Gasteiger partial charge in [0.25, 0.3) is 11.2 Å². The molecule has 116 valence electrons. The summed E-state index contributed by atoms with van der Waals surface area (Å²) in [4.78, 5) is 13.5. The number of anilines is 1. The molecule has 0 unspecified atom stereocenters. The van der Waals surface area contributed by atoms with Crippen LogP contribution in [0.4, 0.5) is 14.5 Å². The summed E-state index contributed by atoms with van der Waals surface area (Å²) >= 11 is 5.42. The largest absolute Gasteiger partial charge is 0.374 e. The molecular weight excluding hydrogens is 312 g/mol. The van der Waals surface area contributed by atoms with Crippen molar-refractivity contribution in [3.63, 3.8) is 0 Å². The van der Waals surface area contributed by atoms with Crippen molar-refractivity contribution >= 4 is 22.5 Å². The Balaban J connectivity index is 2.25. The quantitative estimate of drug-likeness (QED) is 0.812. The second kappa shape index (κ2) is 5.05. The van der Waals surface area contributed by atoms with Crippen LogP contribution < -0.4 is 4.90 Å². The molecule has 1 aliphatic heterocycles. The van der Waals surface area contributed by atoms with Crippen LogP contribution in [-0.4, -0.2) is 28.6 Å². The van der Waals surface area contributed by atoms with Crippen molar-refractivity contribution in [2.24, 2.45) is 0 Å². The molecule has 0 saturated carbocycles. The van der Waals surface area contributed by atoms with Gasteiger partial charge in [-0.05, 0) is 30.2 Å². The summed E-state index contributed by atoms with van der Waals surface area (Å²) in [7, 11) is 1.95. The molecule has 0 bridgehead atoms. The van der Waals surface area contributed by atoms with Crippen LogP contribution in [0.25, 0.3) is 5.69 Å². The molecule has 1 aromatic carbocycles. The monoisotopic (exact) mass is 325 g/mol. The summed E-state index contributed by atoms with van der Waals surface area (Å²) in [5, 5.41) is 3.05. The second-order valence-corrected chi connectivity index (χ2v) is 5.77. The first-order valence-electron chi connectivity index (χ1n) is 6.80. The van der Waals surface area contributed by atoms with Gasteiger partial charge in [-0.15, -0.1) is 0 Å². The molecule has 7 heteroatoms. The molecule has 0 fully saturated rings. The molecule has 2 heterocycles. The van der Waals surface area contributed by atoms with Crippen LogP contribution in [-0.2, 0) is 12.3 Å². The number of alkyl halides is 2. The first kappa shape index (κ1) is 15.0. The van der Waals surface area contributed by atoms with Gasteiger partial charge in [0.15, 0.2) is 0 Å². The SMILES string of the molecule is CN1CCc2c1cccc2-n1ncc(C(=O)Cl)c1C(C)(F)F. The molecule has 4 nitrogen and oxygen atoms in total. The van der Waals surface area contributed by atoms with Crippen LogP contribution in [0.5, 0.6) is 0 Å². The Bertz CT molecular complexity index is 752. The molecule has 0 radical (unpaired) electrons. The lowest BCUT2D eigenvalue weighted by Crippen LogP contribution is -2.18. The number of hydrogen-bond donors (Lipinski definition) is 0. The van der Waals surface area contributed by atoms with Crippen molar-refractivity contribution in [1.82, 2.24) is 9.78 Å². The molecule has 0 atom stereocenters. The summed E-state index contributed by atoms with van der Waals surface area (Å²) in [5.41, 5.74) is 1.74. The lowest BCUT2D eigenvalue weighted by atomic mass is 10.1. The first-order chi connectivity index (χ1) is 10.3. The number of carbonyl (C=O) groups excluding carboxylic acids is 1. The Morgan fingerprint density at radius 2 is 2.05 bits per heavy atom. The van der Waals surface area contributed by atoms with Gasteiger partial charge in [0.05, 0.1) is 17.4 Å². The zero-order valence-electron chi connectivity index (χ0n) is 12.1. The molecule has 2 aromatic rings. The van der Waals surface area contributed by atoms with Gasteiger partial charge >= 0.3 is 0 Å². The summed E-state index contributed by atoms with van der Waals surface area (Å²) < 4.78 is 29.1. The van der Waals surface area contributed by atoms with E-state index in [0.29, 0.717) is 5.69 Å². The minimum absolute atomic E-state index is 0.266. The predicted octanol–water partition coefficient (Wildman–Crippen LogP) is 3.36.